The van der Waals surface area contributed by atoms with Crippen molar-refractivity contribution in [2.24, 2.45) is 5.41 Å². The maximum absolute atomic E-state index is 15.3. The van der Waals surface area contributed by atoms with Gasteiger partial charge < -0.3 is 20.4 Å². The van der Waals surface area contributed by atoms with E-state index in [9.17, 15) is 4.79 Å². The molecule has 4 heterocycles. The minimum Gasteiger partial charge on any atom is -0.373 e. The predicted molar refractivity (Wildman–Crippen MR) is 152 cm³/mol. The SMILES string of the molecule is CC.CNc1cc(N2CCC3(CC2)CN(c2cc(F)c(CN4CCC(C)(C)CC4)cc2F)CC(=O)N3)ncn1. The second-order valence-corrected chi connectivity index (χ2v) is 11.5. The lowest BCUT2D eigenvalue weighted by molar-refractivity contribution is -0.123. The highest BCUT2D eigenvalue weighted by Crippen LogP contribution is 2.34. The third-order valence-corrected chi connectivity index (χ3v) is 8.25. The molecule has 1 spiro atoms. The van der Waals surface area contributed by atoms with Gasteiger partial charge in [0.1, 0.15) is 29.6 Å². The first-order valence-electron chi connectivity index (χ1n) is 14.2. The van der Waals surface area contributed by atoms with Gasteiger partial charge in [-0.05, 0) is 50.3 Å². The van der Waals surface area contributed by atoms with Gasteiger partial charge in [0.15, 0.2) is 0 Å². The lowest BCUT2D eigenvalue weighted by atomic mass is 9.82. The number of carbonyl (C=O) groups is 1. The number of halogens is 2. The first-order valence-corrected chi connectivity index (χ1v) is 14.2. The summed E-state index contributed by atoms with van der Waals surface area (Å²) in [4.78, 5) is 27.3. The van der Waals surface area contributed by atoms with Gasteiger partial charge in [0.05, 0.1) is 17.8 Å². The summed E-state index contributed by atoms with van der Waals surface area (Å²) in [6.07, 6.45) is 4.99. The molecule has 5 rings (SSSR count). The van der Waals surface area contributed by atoms with Crippen LogP contribution in [0.2, 0.25) is 0 Å². The average molecular weight is 544 g/mol. The third-order valence-electron chi connectivity index (χ3n) is 8.25. The van der Waals surface area contributed by atoms with E-state index in [1.165, 1.54) is 18.5 Å². The molecule has 214 valence electrons. The number of likely N-dealkylation sites (tertiary alicyclic amines) is 1. The molecule has 3 fully saturated rings. The van der Waals surface area contributed by atoms with Crippen LogP contribution in [0.25, 0.3) is 0 Å². The summed E-state index contributed by atoms with van der Waals surface area (Å²) in [6.45, 7) is 12.5. The molecule has 3 aliphatic heterocycles. The smallest absolute Gasteiger partial charge is 0.240 e. The van der Waals surface area contributed by atoms with Gasteiger partial charge >= 0.3 is 0 Å². The number of nitrogens with zero attached hydrogens (tertiary/aromatic N) is 5. The van der Waals surface area contributed by atoms with Gasteiger partial charge in [-0.3, -0.25) is 9.69 Å². The van der Waals surface area contributed by atoms with Crippen LogP contribution in [-0.4, -0.2) is 72.6 Å². The van der Waals surface area contributed by atoms with E-state index in [1.807, 2.05) is 27.0 Å². The Morgan fingerprint density at radius 3 is 2.31 bits per heavy atom. The Balaban J connectivity index is 0.00000172. The summed E-state index contributed by atoms with van der Waals surface area (Å²) in [6, 6.07) is 4.50. The number of nitrogens with one attached hydrogen (secondary N) is 2. The van der Waals surface area contributed by atoms with E-state index >= 15 is 8.78 Å². The second kappa shape index (κ2) is 12.0. The summed E-state index contributed by atoms with van der Waals surface area (Å²) >= 11 is 0. The zero-order valence-corrected chi connectivity index (χ0v) is 24.0. The van der Waals surface area contributed by atoms with E-state index in [0.717, 1.165) is 37.6 Å². The summed E-state index contributed by atoms with van der Waals surface area (Å²) in [7, 11) is 1.81. The molecule has 8 nitrogen and oxygen atoms in total. The Labute approximate surface area is 231 Å². The molecule has 39 heavy (non-hydrogen) atoms. The predicted octanol–water partition coefficient (Wildman–Crippen LogP) is 4.42. The van der Waals surface area contributed by atoms with Crippen LogP contribution in [0.5, 0.6) is 0 Å². The molecule has 3 saturated heterocycles. The van der Waals surface area contributed by atoms with Gasteiger partial charge in [0.25, 0.3) is 0 Å². The minimum atomic E-state index is -0.493. The number of hydrogen-bond acceptors (Lipinski definition) is 7. The van der Waals surface area contributed by atoms with Crippen LogP contribution >= 0.6 is 0 Å². The fraction of sp³-hybridized carbons (Fsp3) is 0.621. The Hall–Kier alpha value is -3.01. The van der Waals surface area contributed by atoms with E-state index in [2.05, 4.69) is 44.2 Å². The molecule has 1 aromatic carbocycles. The molecule has 10 heteroatoms. The van der Waals surface area contributed by atoms with Gasteiger partial charge in [-0.1, -0.05) is 27.7 Å². The fourth-order valence-corrected chi connectivity index (χ4v) is 5.74. The third kappa shape index (κ3) is 6.77. The number of benzene rings is 1. The molecule has 0 aliphatic carbocycles. The largest absolute Gasteiger partial charge is 0.373 e. The zero-order chi connectivity index (χ0) is 28.2. The molecule has 0 atom stereocenters. The van der Waals surface area contributed by atoms with Gasteiger partial charge in [-0.25, -0.2) is 18.7 Å². The number of piperazine rings is 1. The van der Waals surface area contributed by atoms with Gasteiger partial charge in [0.2, 0.25) is 5.91 Å². The summed E-state index contributed by atoms with van der Waals surface area (Å²) in [5.74, 6) is 0.512. The molecule has 1 aromatic heterocycles. The van der Waals surface area contributed by atoms with Crippen molar-refractivity contribution in [2.75, 3.05) is 61.4 Å². The Bertz CT molecular complexity index is 1140. The molecular formula is C29H43F2N7O. The standard InChI is InChI=1S/C27H37F2N7O.C2H6/c1-26(2)4-8-34(9-5-26)15-19-12-21(29)22(13-20(19)28)36-16-25(37)33-27(17-36)6-10-35(11-7-27)24-14-23(30-3)31-18-32-24;1-2/h12-14,18H,4-11,15-17H2,1-3H3,(H,33,37)(H,30,31,32);1-2H3. The van der Waals surface area contributed by atoms with Crippen molar-refractivity contribution in [3.8, 4) is 0 Å². The number of rotatable bonds is 5. The number of carbonyl (C=O) groups excluding carboxylic acids is 1. The van der Waals surface area contributed by atoms with Crippen LogP contribution in [0.15, 0.2) is 24.5 Å². The summed E-state index contributed by atoms with van der Waals surface area (Å²) in [5.41, 5.74) is 0.339. The minimum absolute atomic E-state index is 0.0137. The average Bonchev–Trinajstić information content (AvgIpc) is 2.93. The summed E-state index contributed by atoms with van der Waals surface area (Å²) in [5, 5.41) is 6.18. The lowest BCUT2D eigenvalue weighted by Gasteiger charge is -2.48. The van der Waals surface area contributed by atoms with Crippen molar-refractivity contribution in [3.05, 3.63) is 41.7 Å². The molecule has 0 radical (unpaired) electrons. The maximum Gasteiger partial charge on any atom is 0.240 e. The van der Waals surface area contributed by atoms with Crippen molar-refractivity contribution in [1.29, 1.82) is 0 Å². The van der Waals surface area contributed by atoms with E-state index < -0.39 is 17.2 Å². The molecule has 0 saturated carbocycles. The highest BCUT2D eigenvalue weighted by atomic mass is 19.1. The molecule has 3 aliphatic rings. The van der Waals surface area contributed by atoms with Crippen molar-refractivity contribution in [3.63, 3.8) is 0 Å². The van der Waals surface area contributed by atoms with Crippen molar-refractivity contribution < 1.29 is 13.6 Å². The van der Waals surface area contributed by atoms with Gasteiger partial charge in [0, 0.05) is 50.9 Å². The van der Waals surface area contributed by atoms with Crippen LogP contribution in [0.3, 0.4) is 0 Å². The van der Waals surface area contributed by atoms with Crippen LogP contribution in [0.4, 0.5) is 26.1 Å². The lowest BCUT2D eigenvalue weighted by Crippen LogP contribution is -2.66. The monoisotopic (exact) mass is 543 g/mol. The molecule has 0 unspecified atom stereocenters. The van der Waals surface area contributed by atoms with Gasteiger partial charge in [-0.15, -0.1) is 0 Å². The molecule has 0 bridgehead atoms. The first kappa shape index (κ1) is 29.0. The fourth-order valence-electron chi connectivity index (χ4n) is 5.74. The molecule has 2 aromatic rings. The molecule has 2 N–H and O–H groups in total. The molecule has 1 amide bonds. The van der Waals surface area contributed by atoms with Crippen molar-refractivity contribution in [1.82, 2.24) is 20.2 Å². The maximum atomic E-state index is 15.3. The summed E-state index contributed by atoms with van der Waals surface area (Å²) < 4.78 is 30.5. The second-order valence-electron chi connectivity index (χ2n) is 11.5. The number of piperidine rings is 2. The highest BCUT2D eigenvalue weighted by Gasteiger charge is 2.42. The van der Waals surface area contributed by atoms with E-state index in [0.29, 0.717) is 50.0 Å². The van der Waals surface area contributed by atoms with Gasteiger partial charge in [-0.2, -0.15) is 0 Å². The number of aromatic nitrogens is 2. The Kier molecular flexibility index (Phi) is 8.93. The normalized spacial score (nSPS) is 20.7. The first-order chi connectivity index (χ1) is 18.7. The van der Waals surface area contributed by atoms with Crippen molar-refractivity contribution in [2.45, 2.75) is 65.5 Å². The number of amides is 1. The molecular weight excluding hydrogens is 500 g/mol. The van der Waals surface area contributed by atoms with Crippen LogP contribution < -0.4 is 20.4 Å². The highest BCUT2D eigenvalue weighted by molar-refractivity contribution is 5.84. The quantitative estimate of drug-likeness (QED) is 0.578. The van der Waals surface area contributed by atoms with Crippen molar-refractivity contribution >= 4 is 23.2 Å². The number of hydrogen-bond donors (Lipinski definition) is 2. The van der Waals surface area contributed by atoms with E-state index in [1.54, 1.807) is 4.90 Å². The van der Waals surface area contributed by atoms with Crippen LogP contribution in [0, 0.1) is 17.0 Å². The van der Waals surface area contributed by atoms with E-state index in [-0.39, 0.29) is 18.1 Å². The zero-order valence-electron chi connectivity index (χ0n) is 24.0. The Morgan fingerprint density at radius 2 is 1.64 bits per heavy atom. The van der Waals surface area contributed by atoms with Crippen LogP contribution in [-0.2, 0) is 11.3 Å². The Morgan fingerprint density at radius 1 is 0.949 bits per heavy atom. The van der Waals surface area contributed by atoms with E-state index in [4.69, 9.17) is 0 Å². The van der Waals surface area contributed by atoms with Crippen LogP contribution in [0.1, 0.15) is 58.9 Å². The topological polar surface area (TPSA) is 76.6 Å². The number of anilines is 3.